The maximum atomic E-state index is 12.1. The van der Waals surface area contributed by atoms with E-state index in [2.05, 4.69) is 11.2 Å². The summed E-state index contributed by atoms with van der Waals surface area (Å²) in [5.41, 5.74) is 4.64. The predicted molar refractivity (Wildman–Crippen MR) is 102 cm³/mol. The van der Waals surface area contributed by atoms with E-state index in [0.717, 1.165) is 48.1 Å². The SMILES string of the molecule is Cc1ccc(C(=O)ON=C2CCCCC2=Cc2ccc(Cl)cc2)cc1. The van der Waals surface area contributed by atoms with Crippen LogP contribution in [0.15, 0.2) is 59.3 Å². The van der Waals surface area contributed by atoms with E-state index in [1.165, 1.54) is 0 Å². The molecule has 0 saturated heterocycles. The van der Waals surface area contributed by atoms with E-state index in [0.29, 0.717) is 10.6 Å². The van der Waals surface area contributed by atoms with E-state index in [9.17, 15) is 4.79 Å². The van der Waals surface area contributed by atoms with Crippen LogP contribution in [-0.4, -0.2) is 11.7 Å². The largest absolute Gasteiger partial charge is 0.365 e. The van der Waals surface area contributed by atoms with Gasteiger partial charge >= 0.3 is 5.97 Å². The summed E-state index contributed by atoms with van der Waals surface area (Å²) in [4.78, 5) is 17.3. The lowest BCUT2D eigenvalue weighted by atomic mass is 9.91. The molecule has 128 valence electrons. The molecule has 1 saturated carbocycles. The van der Waals surface area contributed by atoms with Crippen molar-refractivity contribution in [2.75, 3.05) is 0 Å². The molecule has 0 radical (unpaired) electrons. The number of nitrogens with zero attached hydrogens (tertiary/aromatic N) is 1. The fraction of sp³-hybridized carbons (Fsp3) is 0.238. The highest BCUT2D eigenvalue weighted by atomic mass is 35.5. The lowest BCUT2D eigenvalue weighted by Gasteiger charge is -2.16. The highest BCUT2D eigenvalue weighted by molar-refractivity contribution is 6.30. The number of benzene rings is 2. The Hall–Kier alpha value is -2.39. The fourth-order valence-corrected chi connectivity index (χ4v) is 2.90. The Morgan fingerprint density at radius 3 is 2.44 bits per heavy atom. The van der Waals surface area contributed by atoms with Crippen LogP contribution in [0.25, 0.3) is 6.08 Å². The molecule has 0 atom stereocenters. The molecule has 0 N–H and O–H groups in total. The van der Waals surface area contributed by atoms with E-state index in [4.69, 9.17) is 16.4 Å². The average Bonchev–Trinajstić information content (AvgIpc) is 2.63. The Morgan fingerprint density at radius 1 is 1.04 bits per heavy atom. The van der Waals surface area contributed by atoms with Crippen molar-refractivity contribution in [3.63, 3.8) is 0 Å². The number of hydrogen-bond donors (Lipinski definition) is 0. The van der Waals surface area contributed by atoms with Crippen molar-refractivity contribution in [1.82, 2.24) is 0 Å². The van der Waals surface area contributed by atoms with Gasteiger partial charge in [-0.05, 0) is 74.1 Å². The van der Waals surface area contributed by atoms with Crippen LogP contribution in [-0.2, 0) is 4.84 Å². The molecule has 0 spiro atoms. The summed E-state index contributed by atoms with van der Waals surface area (Å²) in [6.45, 7) is 1.98. The number of carbonyl (C=O) groups excluding carboxylic acids is 1. The molecule has 25 heavy (non-hydrogen) atoms. The smallest absolute Gasteiger partial charge is 0.313 e. The first-order valence-electron chi connectivity index (χ1n) is 8.43. The maximum Gasteiger partial charge on any atom is 0.365 e. The second kappa shape index (κ2) is 8.13. The number of oxime groups is 1. The Balaban J connectivity index is 1.75. The molecule has 2 aromatic carbocycles. The first-order chi connectivity index (χ1) is 12.1. The minimum absolute atomic E-state index is 0.427. The highest BCUT2D eigenvalue weighted by Gasteiger charge is 2.15. The zero-order valence-corrected chi connectivity index (χ0v) is 14.9. The van der Waals surface area contributed by atoms with Gasteiger partial charge in [-0.25, -0.2) is 4.79 Å². The predicted octanol–water partition coefficient (Wildman–Crippen LogP) is 5.82. The van der Waals surface area contributed by atoms with Gasteiger partial charge in [-0.3, -0.25) is 0 Å². The second-order valence-corrected chi connectivity index (χ2v) is 6.65. The van der Waals surface area contributed by atoms with Gasteiger partial charge in [0.1, 0.15) is 0 Å². The minimum atomic E-state index is -0.427. The van der Waals surface area contributed by atoms with Crippen LogP contribution in [0.4, 0.5) is 0 Å². The van der Waals surface area contributed by atoms with Crippen molar-refractivity contribution < 1.29 is 9.63 Å². The molecule has 3 rings (SSSR count). The van der Waals surface area contributed by atoms with Crippen LogP contribution in [0.5, 0.6) is 0 Å². The van der Waals surface area contributed by atoms with Crippen molar-refractivity contribution in [3.8, 4) is 0 Å². The van der Waals surface area contributed by atoms with Gasteiger partial charge in [0.2, 0.25) is 0 Å². The van der Waals surface area contributed by atoms with E-state index in [1.54, 1.807) is 12.1 Å². The maximum absolute atomic E-state index is 12.1. The van der Waals surface area contributed by atoms with E-state index in [-0.39, 0.29) is 0 Å². The molecule has 0 aliphatic heterocycles. The molecule has 4 heteroatoms. The zero-order valence-electron chi connectivity index (χ0n) is 14.2. The Morgan fingerprint density at radius 2 is 1.72 bits per heavy atom. The van der Waals surface area contributed by atoms with Gasteiger partial charge < -0.3 is 4.84 Å². The molecule has 0 amide bonds. The van der Waals surface area contributed by atoms with Crippen molar-refractivity contribution in [2.24, 2.45) is 5.16 Å². The average molecular weight is 354 g/mol. The van der Waals surface area contributed by atoms with Gasteiger partial charge in [0.05, 0.1) is 11.3 Å². The third-order valence-corrected chi connectivity index (χ3v) is 4.47. The van der Waals surface area contributed by atoms with E-state index in [1.807, 2.05) is 43.3 Å². The summed E-state index contributed by atoms with van der Waals surface area (Å²) in [5, 5.41) is 4.86. The molecule has 3 nitrogen and oxygen atoms in total. The summed E-state index contributed by atoms with van der Waals surface area (Å²) >= 11 is 5.93. The first-order valence-corrected chi connectivity index (χ1v) is 8.81. The van der Waals surface area contributed by atoms with Gasteiger partial charge in [-0.2, -0.15) is 0 Å². The van der Waals surface area contributed by atoms with Crippen molar-refractivity contribution in [1.29, 1.82) is 0 Å². The standard InChI is InChI=1S/C21H20ClNO2/c1-15-6-10-17(11-7-15)21(24)25-23-20-5-3-2-4-18(20)14-16-8-12-19(22)13-9-16/h6-14H,2-5H2,1H3. The molecule has 0 aromatic heterocycles. The van der Waals surface area contributed by atoms with E-state index >= 15 is 0 Å². The molecule has 0 heterocycles. The first kappa shape index (κ1) is 17.4. The van der Waals surface area contributed by atoms with E-state index < -0.39 is 5.97 Å². The summed E-state index contributed by atoms with van der Waals surface area (Å²) in [5.74, 6) is -0.427. The third-order valence-electron chi connectivity index (χ3n) is 4.22. The van der Waals surface area contributed by atoms with Crippen LogP contribution in [0, 0.1) is 6.92 Å². The number of aryl methyl sites for hydroxylation is 1. The molecule has 0 unspecified atom stereocenters. The molecule has 1 fully saturated rings. The molecule has 0 bridgehead atoms. The lowest BCUT2D eigenvalue weighted by Crippen LogP contribution is -2.11. The van der Waals surface area contributed by atoms with Crippen LogP contribution >= 0.6 is 11.6 Å². The number of hydrogen-bond acceptors (Lipinski definition) is 3. The van der Waals surface area contributed by atoms with Crippen molar-refractivity contribution in [3.05, 3.63) is 75.8 Å². The Bertz CT molecular complexity index is 805. The summed E-state index contributed by atoms with van der Waals surface area (Å²) in [7, 11) is 0. The second-order valence-electron chi connectivity index (χ2n) is 6.21. The minimum Gasteiger partial charge on any atom is -0.313 e. The van der Waals surface area contributed by atoms with Crippen molar-refractivity contribution >= 4 is 29.4 Å². The molecule has 2 aromatic rings. The normalized spacial score (nSPS) is 17.7. The molecular weight excluding hydrogens is 334 g/mol. The van der Waals surface area contributed by atoms with Crippen LogP contribution in [0.3, 0.4) is 0 Å². The van der Waals surface area contributed by atoms with Gasteiger partial charge in [-0.1, -0.05) is 46.6 Å². The lowest BCUT2D eigenvalue weighted by molar-refractivity contribution is 0.0515. The number of rotatable bonds is 3. The topological polar surface area (TPSA) is 38.7 Å². The van der Waals surface area contributed by atoms with Gasteiger partial charge in [0.25, 0.3) is 0 Å². The Kier molecular flexibility index (Phi) is 5.67. The zero-order chi connectivity index (χ0) is 17.6. The number of allylic oxidation sites excluding steroid dienone is 1. The van der Waals surface area contributed by atoms with Gasteiger partial charge in [0.15, 0.2) is 0 Å². The monoisotopic (exact) mass is 353 g/mol. The summed E-state index contributed by atoms with van der Waals surface area (Å²) < 4.78 is 0. The molecular formula is C21H20ClNO2. The van der Waals surface area contributed by atoms with Gasteiger partial charge in [0, 0.05) is 5.02 Å². The molecule has 1 aliphatic rings. The number of halogens is 1. The van der Waals surface area contributed by atoms with Crippen LogP contribution < -0.4 is 0 Å². The molecule has 1 aliphatic carbocycles. The van der Waals surface area contributed by atoms with Crippen molar-refractivity contribution in [2.45, 2.75) is 32.6 Å². The van der Waals surface area contributed by atoms with Crippen LogP contribution in [0.2, 0.25) is 5.02 Å². The quantitative estimate of drug-likeness (QED) is 0.515. The van der Waals surface area contributed by atoms with Crippen LogP contribution in [0.1, 0.15) is 47.2 Å². The van der Waals surface area contributed by atoms with Gasteiger partial charge in [-0.15, -0.1) is 0 Å². The number of carbonyl (C=O) groups is 1. The third kappa shape index (κ3) is 4.80. The summed E-state index contributed by atoms with van der Waals surface area (Å²) in [6.07, 6.45) is 6.02. The fourth-order valence-electron chi connectivity index (χ4n) is 2.77. The summed E-state index contributed by atoms with van der Waals surface area (Å²) in [6, 6.07) is 15.0. The highest BCUT2D eigenvalue weighted by Crippen LogP contribution is 2.24. The Labute approximate surface area is 153 Å².